The molecule has 0 amide bonds. The maximum absolute atomic E-state index is 4.43. The van der Waals surface area contributed by atoms with E-state index in [-0.39, 0.29) is 0 Å². The van der Waals surface area contributed by atoms with Crippen molar-refractivity contribution in [2.75, 3.05) is 6.54 Å². The molecule has 0 radical (unpaired) electrons. The van der Waals surface area contributed by atoms with E-state index in [0.717, 1.165) is 25.1 Å². The molecule has 1 heterocycles. The molecule has 0 aliphatic heterocycles. The fourth-order valence-electron chi connectivity index (χ4n) is 2.38. The van der Waals surface area contributed by atoms with Gasteiger partial charge in [0.15, 0.2) is 0 Å². The third-order valence-corrected chi connectivity index (χ3v) is 3.35. The number of benzene rings is 1. The van der Waals surface area contributed by atoms with Crippen molar-refractivity contribution in [2.45, 2.75) is 32.7 Å². The summed E-state index contributed by atoms with van der Waals surface area (Å²) < 4.78 is 1.99. The molecule has 1 atom stereocenters. The molecule has 2 rings (SSSR count). The van der Waals surface area contributed by atoms with Gasteiger partial charge in [0.25, 0.3) is 0 Å². The highest BCUT2D eigenvalue weighted by Crippen LogP contribution is 2.18. The first-order valence-corrected chi connectivity index (χ1v) is 6.98. The second-order valence-electron chi connectivity index (χ2n) is 5.02. The lowest BCUT2D eigenvalue weighted by atomic mass is 10.0. The van der Waals surface area contributed by atoms with Crippen molar-refractivity contribution in [3.63, 3.8) is 0 Å². The van der Waals surface area contributed by atoms with Crippen LogP contribution in [-0.2, 0) is 13.5 Å². The maximum Gasteiger partial charge on any atom is 0.0596 e. The van der Waals surface area contributed by atoms with Crippen molar-refractivity contribution in [3.8, 4) is 0 Å². The molecule has 1 unspecified atom stereocenters. The van der Waals surface area contributed by atoms with Crippen LogP contribution < -0.4 is 5.32 Å². The van der Waals surface area contributed by atoms with Gasteiger partial charge < -0.3 is 5.32 Å². The molecule has 1 aromatic carbocycles. The summed E-state index contributed by atoms with van der Waals surface area (Å²) in [5, 5.41) is 8.06. The highest BCUT2D eigenvalue weighted by molar-refractivity contribution is 5.21. The van der Waals surface area contributed by atoms with Crippen LogP contribution in [-0.4, -0.2) is 16.3 Å². The Bertz CT molecular complexity index is 502. The SMILES string of the molecule is CCCNC(Cc1cc(C)nn1C)c1ccccc1. The van der Waals surface area contributed by atoms with Crippen molar-refractivity contribution in [3.05, 3.63) is 53.3 Å². The third-order valence-electron chi connectivity index (χ3n) is 3.35. The van der Waals surface area contributed by atoms with Crippen LogP contribution in [0, 0.1) is 6.92 Å². The van der Waals surface area contributed by atoms with E-state index in [4.69, 9.17) is 0 Å². The standard InChI is InChI=1S/C16H23N3/c1-4-10-17-16(14-8-6-5-7-9-14)12-15-11-13(2)18-19(15)3/h5-9,11,16-17H,4,10,12H2,1-3H3. The monoisotopic (exact) mass is 257 g/mol. The Morgan fingerprint density at radius 1 is 1.26 bits per heavy atom. The summed E-state index contributed by atoms with van der Waals surface area (Å²) in [5.74, 6) is 0. The first kappa shape index (κ1) is 13.8. The molecule has 0 saturated carbocycles. The first-order chi connectivity index (χ1) is 9.20. The Morgan fingerprint density at radius 2 is 2.00 bits per heavy atom. The molecular formula is C16H23N3. The van der Waals surface area contributed by atoms with Gasteiger partial charge in [0.1, 0.15) is 0 Å². The molecule has 0 saturated heterocycles. The molecule has 19 heavy (non-hydrogen) atoms. The van der Waals surface area contributed by atoms with Gasteiger partial charge in [0.2, 0.25) is 0 Å². The van der Waals surface area contributed by atoms with Crippen molar-refractivity contribution < 1.29 is 0 Å². The lowest BCUT2D eigenvalue weighted by Gasteiger charge is -2.19. The summed E-state index contributed by atoms with van der Waals surface area (Å²) in [6.07, 6.45) is 2.12. The number of nitrogens with zero attached hydrogens (tertiary/aromatic N) is 2. The lowest BCUT2D eigenvalue weighted by Crippen LogP contribution is -2.24. The van der Waals surface area contributed by atoms with Gasteiger partial charge >= 0.3 is 0 Å². The molecule has 3 heteroatoms. The van der Waals surface area contributed by atoms with Crippen LogP contribution in [0.3, 0.4) is 0 Å². The van der Waals surface area contributed by atoms with Gasteiger partial charge in [-0.15, -0.1) is 0 Å². The molecule has 0 spiro atoms. The summed E-state index contributed by atoms with van der Waals surface area (Å²) in [5.41, 5.74) is 3.70. The van der Waals surface area contributed by atoms with E-state index in [1.54, 1.807) is 0 Å². The summed E-state index contributed by atoms with van der Waals surface area (Å²) in [6.45, 7) is 5.28. The lowest BCUT2D eigenvalue weighted by molar-refractivity contribution is 0.512. The third kappa shape index (κ3) is 3.67. The van der Waals surface area contributed by atoms with E-state index in [1.807, 2.05) is 18.7 Å². The number of hydrogen-bond acceptors (Lipinski definition) is 2. The topological polar surface area (TPSA) is 29.9 Å². The van der Waals surface area contributed by atoms with Crippen molar-refractivity contribution in [1.29, 1.82) is 0 Å². The summed E-state index contributed by atoms with van der Waals surface area (Å²) in [4.78, 5) is 0. The zero-order chi connectivity index (χ0) is 13.7. The van der Waals surface area contributed by atoms with E-state index >= 15 is 0 Å². The number of aromatic nitrogens is 2. The Kier molecular flexibility index (Phi) is 4.74. The van der Waals surface area contributed by atoms with E-state index in [2.05, 4.69) is 53.7 Å². The molecule has 3 nitrogen and oxygen atoms in total. The molecule has 1 N–H and O–H groups in total. The highest BCUT2D eigenvalue weighted by atomic mass is 15.3. The quantitative estimate of drug-likeness (QED) is 0.862. The average molecular weight is 257 g/mol. The Morgan fingerprint density at radius 3 is 2.58 bits per heavy atom. The van der Waals surface area contributed by atoms with Crippen LogP contribution in [0.15, 0.2) is 36.4 Å². The molecule has 0 aliphatic carbocycles. The molecule has 2 aromatic rings. The number of rotatable bonds is 6. The van der Waals surface area contributed by atoms with Crippen molar-refractivity contribution in [2.24, 2.45) is 7.05 Å². The van der Waals surface area contributed by atoms with Crippen LogP contribution in [0.1, 0.15) is 36.3 Å². The number of hydrogen-bond donors (Lipinski definition) is 1. The van der Waals surface area contributed by atoms with E-state index in [9.17, 15) is 0 Å². The fourth-order valence-corrected chi connectivity index (χ4v) is 2.38. The smallest absolute Gasteiger partial charge is 0.0596 e. The van der Waals surface area contributed by atoms with Crippen LogP contribution in [0.5, 0.6) is 0 Å². The number of nitrogens with one attached hydrogen (secondary N) is 1. The molecular weight excluding hydrogens is 234 g/mol. The molecule has 0 fully saturated rings. The summed E-state index contributed by atoms with van der Waals surface area (Å²) >= 11 is 0. The van der Waals surface area contributed by atoms with Gasteiger partial charge in [-0.05, 0) is 31.5 Å². The largest absolute Gasteiger partial charge is 0.310 e. The zero-order valence-electron chi connectivity index (χ0n) is 12.1. The van der Waals surface area contributed by atoms with E-state index in [0.29, 0.717) is 6.04 Å². The Labute approximate surface area is 115 Å². The van der Waals surface area contributed by atoms with Gasteiger partial charge in [-0.2, -0.15) is 5.10 Å². The van der Waals surface area contributed by atoms with E-state index < -0.39 is 0 Å². The predicted octanol–water partition coefficient (Wildman–Crippen LogP) is 3.01. The van der Waals surface area contributed by atoms with Gasteiger partial charge in [-0.3, -0.25) is 4.68 Å². The van der Waals surface area contributed by atoms with E-state index in [1.165, 1.54) is 11.3 Å². The molecule has 1 aromatic heterocycles. The normalized spacial score (nSPS) is 12.6. The Hall–Kier alpha value is -1.61. The van der Waals surface area contributed by atoms with Crippen LogP contribution in [0.4, 0.5) is 0 Å². The maximum atomic E-state index is 4.43. The summed E-state index contributed by atoms with van der Waals surface area (Å²) in [7, 11) is 2.02. The molecule has 102 valence electrons. The van der Waals surface area contributed by atoms with Gasteiger partial charge in [0, 0.05) is 25.2 Å². The van der Waals surface area contributed by atoms with Crippen LogP contribution in [0.25, 0.3) is 0 Å². The van der Waals surface area contributed by atoms with Crippen molar-refractivity contribution in [1.82, 2.24) is 15.1 Å². The highest BCUT2D eigenvalue weighted by Gasteiger charge is 2.13. The predicted molar refractivity (Wildman–Crippen MR) is 79.1 cm³/mol. The van der Waals surface area contributed by atoms with Crippen LogP contribution >= 0.6 is 0 Å². The molecule has 0 bridgehead atoms. The second-order valence-corrected chi connectivity index (χ2v) is 5.02. The minimum atomic E-state index is 0.357. The average Bonchev–Trinajstić information content (AvgIpc) is 2.73. The van der Waals surface area contributed by atoms with Gasteiger partial charge in [0.05, 0.1) is 5.69 Å². The number of aryl methyl sites for hydroxylation is 2. The van der Waals surface area contributed by atoms with Gasteiger partial charge in [-0.25, -0.2) is 0 Å². The Balaban J connectivity index is 2.16. The fraction of sp³-hybridized carbons (Fsp3) is 0.438. The minimum Gasteiger partial charge on any atom is -0.310 e. The van der Waals surface area contributed by atoms with Crippen molar-refractivity contribution >= 4 is 0 Å². The van der Waals surface area contributed by atoms with Gasteiger partial charge in [-0.1, -0.05) is 37.3 Å². The minimum absolute atomic E-state index is 0.357. The summed E-state index contributed by atoms with van der Waals surface area (Å²) in [6, 6.07) is 13.2. The molecule has 0 aliphatic rings. The first-order valence-electron chi connectivity index (χ1n) is 6.98. The van der Waals surface area contributed by atoms with Crippen LogP contribution in [0.2, 0.25) is 0 Å². The second kappa shape index (κ2) is 6.53. The zero-order valence-corrected chi connectivity index (χ0v) is 12.1.